The van der Waals surface area contributed by atoms with E-state index in [0.717, 1.165) is 47.1 Å². The lowest BCUT2D eigenvalue weighted by Crippen LogP contribution is -2.29. The third kappa shape index (κ3) is 3.69. The van der Waals surface area contributed by atoms with Crippen LogP contribution >= 0.6 is 22.7 Å². The highest BCUT2D eigenvalue weighted by atomic mass is 32.1. The molecule has 5 rings (SSSR count). The van der Waals surface area contributed by atoms with Gasteiger partial charge in [-0.1, -0.05) is 19.1 Å². The van der Waals surface area contributed by atoms with E-state index in [1.54, 1.807) is 39.6 Å². The highest BCUT2D eigenvalue weighted by Crippen LogP contribution is 2.45. The van der Waals surface area contributed by atoms with Crippen LogP contribution in [0.3, 0.4) is 0 Å². The van der Waals surface area contributed by atoms with Crippen LogP contribution in [0.15, 0.2) is 36.5 Å². The van der Waals surface area contributed by atoms with Crippen molar-refractivity contribution >= 4 is 43.8 Å². The Bertz CT molecular complexity index is 1220. The molecular formula is C23H25N5OS2. The Morgan fingerprint density at radius 2 is 2.06 bits per heavy atom. The molecule has 1 aromatic carbocycles. The number of rotatable bonds is 5. The first-order chi connectivity index (χ1) is 15.0. The summed E-state index contributed by atoms with van der Waals surface area (Å²) in [6.45, 7) is 9.24. The quantitative estimate of drug-likeness (QED) is 0.439. The predicted octanol–water partition coefficient (Wildman–Crippen LogP) is 5.43. The minimum Gasteiger partial charge on any atom is -0.312 e. The molecule has 4 heterocycles. The third-order valence-corrected chi connectivity index (χ3v) is 7.90. The molecule has 0 aliphatic carbocycles. The smallest absolute Gasteiger partial charge is 0.274 e. The van der Waals surface area contributed by atoms with Crippen LogP contribution in [0.2, 0.25) is 0 Å². The van der Waals surface area contributed by atoms with Crippen molar-refractivity contribution in [3.63, 3.8) is 0 Å². The van der Waals surface area contributed by atoms with Gasteiger partial charge in [-0.05, 0) is 50.6 Å². The first-order valence-electron chi connectivity index (χ1n) is 10.6. The average molecular weight is 452 g/mol. The highest BCUT2D eigenvalue weighted by molar-refractivity contribution is 7.22. The Hall–Kier alpha value is -2.55. The van der Waals surface area contributed by atoms with E-state index in [9.17, 15) is 4.79 Å². The van der Waals surface area contributed by atoms with Crippen LogP contribution in [0.1, 0.15) is 47.7 Å². The number of anilines is 1. The van der Waals surface area contributed by atoms with Crippen LogP contribution in [0.4, 0.5) is 5.00 Å². The Morgan fingerprint density at radius 1 is 1.23 bits per heavy atom. The van der Waals surface area contributed by atoms with Crippen molar-refractivity contribution in [3.8, 4) is 10.6 Å². The summed E-state index contributed by atoms with van der Waals surface area (Å²) in [6.07, 6.45) is 2.66. The number of amides is 1. The normalized spacial score (nSPS) is 14.3. The zero-order valence-electron chi connectivity index (χ0n) is 17.9. The summed E-state index contributed by atoms with van der Waals surface area (Å²) in [5, 5.41) is 9.40. The zero-order chi connectivity index (χ0) is 21.5. The van der Waals surface area contributed by atoms with E-state index in [1.165, 1.54) is 15.1 Å². The van der Waals surface area contributed by atoms with E-state index in [-0.39, 0.29) is 11.9 Å². The van der Waals surface area contributed by atoms with Gasteiger partial charge in [-0.15, -0.1) is 22.7 Å². The Kier molecular flexibility index (Phi) is 5.37. The molecule has 0 radical (unpaired) electrons. The van der Waals surface area contributed by atoms with Gasteiger partial charge >= 0.3 is 0 Å². The third-order valence-electron chi connectivity index (χ3n) is 5.71. The second kappa shape index (κ2) is 8.18. The summed E-state index contributed by atoms with van der Waals surface area (Å²) in [5.41, 5.74) is 4.01. The van der Waals surface area contributed by atoms with E-state index in [2.05, 4.69) is 28.3 Å². The molecule has 4 aromatic rings. The average Bonchev–Trinajstić information content (AvgIpc) is 3.48. The van der Waals surface area contributed by atoms with Gasteiger partial charge in [0.05, 0.1) is 10.2 Å². The molecule has 0 bridgehead atoms. The monoisotopic (exact) mass is 451 g/mol. The maximum Gasteiger partial charge on any atom is 0.274 e. The van der Waals surface area contributed by atoms with Crippen molar-refractivity contribution in [3.05, 3.63) is 52.7 Å². The summed E-state index contributed by atoms with van der Waals surface area (Å²) in [5.74, 6) is -0.125. The second-order valence-corrected chi connectivity index (χ2v) is 10.2. The Morgan fingerprint density at radius 3 is 2.84 bits per heavy atom. The SMILES string of the molecule is CCN1CCc2c(sc(NC(=O)c3ccnn3C(C)C)c2-c2nc3ccccc3s2)C1. The number of nitrogens with one attached hydrogen (secondary N) is 1. The van der Waals surface area contributed by atoms with Gasteiger partial charge in [0.15, 0.2) is 0 Å². The fourth-order valence-corrected chi connectivity index (χ4v) is 6.49. The predicted molar refractivity (Wildman–Crippen MR) is 128 cm³/mol. The molecule has 8 heteroatoms. The van der Waals surface area contributed by atoms with Crippen molar-refractivity contribution in [1.82, 2.24) is 19.7 Å². The zero-order valence-corrected chi connectivity index (χ0v) is 19.5. The van der Waals surface area contributed by atoms with E-state index in [0.29, 0.717) is 5.69 Å². The molecule has 160 valence electrons. The van der Waals surface area contributed by atoms with Crippen molar-refractivity contribution in [2.24, 2.45) is 0 Å². The molecule has 0 saturated heterocycles. The van der Waals surface area contributed by atoms with Crippen molar-refractivity contribution < 1.29 is 4.79 Å². The summed E-state index contributed by atoms with van der Waals surface area (Å²) in [6, 6.07) is 10.1. The van der Waals surface area contributed by atoms with E-state index in [1.807, 2.05) is 32.0 Å². The number of benzene rings is 1. The number of carbonyl (C=O) groups is 1. The van der Waals surface area contributed by atoms with E-state index >= 15 is 0 Å². The summed E-state index contributed by atoms with van der Waals surface area (Å²) >= 11 is 3.38. The van der Waals surface area contributed by atoms with Gasteiger partial charge in [0.1, 0.15) is 15.7 Å². The number of hydrogen-bond donors (Lipinski definition) is 1. The second-order valence-electron chi connectivity index (χ2n) is 8.02. The molecule has 0 atom stereocenters. The van der Waals surface area contributed by atoms with Gasteiger partial charge in [0.25, 0.3) is 5.91 Å². The molecule has 1 aliphatic rings. The number of hydrogen-bond acceptors (Lipinski definition) is 6. The van der Waals surface area contributed by atoms with Gasteiger partial charge in [-0.2, -0.15) is 5.10 Å². The molecular weight excluding hydrogens is 426 g/mol. The first-order valence-corrected chi connectivity index (χ1v) is 12.3. The Labute approximate surface area is 189 Å². The highest BCUT2D eigenvalue weighted by Gasteiger charge is 2.28. The van der Waals surface area contributed by atoms with Crippen LogP contribution in [0.25, 0.3) is 20.8 Å². The molecule has 0 saturated carbocycles. The molecule has 1 amide bonds. The van der Waals surface area contributed by atoms with Gasteiger partial charge in [0.2, 0.25) is 0 Å². The fraction of sp³-hybridized carbons (Fsp3) is 0.348. The van der Waals surface area contributed by atoms with Crippen LogP contribution in [0, 0.1) is 0 Å². The number of nitrogens with zero attached hydrogens (tertiary/aromatic N) is 4. The summed E-state index contributed by atoms with van der Waals surface area (Å²) in [4.78, 5) is 21.9. The first kappa shape index (κ1) is 20.4. The number of thiazole rings is 1. The molecule has 6 nitrogen and oxygen atoms in total. The van der Waals surface area contributed by atoms with E-state index < -0.39 is 0 Å². The maximum absolute atomic E-state index is 13.2. The van der Waals surface area contributed by atoms with Gasteiger partial charge in [0, 0.05) is 35.8 Å². The van der Waals surface area contributed by atoms with E-state index in [4.69, 9.17) is 4.98 Å². The molecule has 1 aliphatic heterocycles. The van der Waals surface area contributed by atoms with Crippen LogP contribution < -0.4 is 5.32 Å². The summed E-state index contributed by atoms with van der Waals surface area (Å²) < 4.78 is 2.93. The minimum absolute atomic E-state index is 0.120. The number of likely N-dealkylation sites (N-methyl/N-ethyl adjacent to an activating group) is 1. The Balaban J connectivity index is 1.58. The maximum atomic E-state index is 13.2. The van der Waals surface area contributed by atoms with Gasteiger partial charge in [-0.25, -0.2) is 4.98 Å². The van der Waals surface area contributed by atoms with Crippen molar-refractivity contribution in [2.45, 2.75) is 39.8 Å². The van der Waals surface area contributed by atoms with Crippen LogP contribution in [0.5, 0.6) is 0 Å². The lowest BCUT2D eigenvalue weighted by molar-refractivity contribution is 0.101. The molecule has 31 heavy (non-hydrogen) atoms. The van der Waals surface area contributed by atoms with Crippen LogP contribution in [-0.4, -0.2) is 38.7 Å². The molecule has 0 fully saturated rings. The fourth-order valence-electron chi connectivity index (χ4n) is 4.09. The van der Waals surface area contributed by atoms with Crippen LogP contribution in [-0.2, 0) is 13.0 Å². The number of fused-ring (bicyclic) bond motifs is 2. The number of carbonyl (C=O) groups excluding carboxylic acids is 1. The lowest BCUT2D eigenvalue weighted by Gasteiger charge is -2.25. The molecule has 0 spiro atoms. The topological polar surface area (TPSA) is 63.1 Å². The number of thiophene rings is 1. The van der Waals surface area contributed by atoms with Gasteiger partial charge in [-0.3, -0.25) is 14.4 Å². The van der Waals surface area contributed by atoms with Crippen molar-refractivity contribution in [2.75, 3.05) is 18.4 Å². The standard InChI is InChI=1S/C23H25N5OS2/c1-4-27-12-10-15-19(13-27)31-23(26-21(29)17-9-11-24-28(17)14(2)3)20(15)22-25-16-7-5-6-8-18(16)30-22/h5-9,11,14H,4,10,12-13H2,1-3H3,(H,26,29). The molecule has 3 aromatic heterocycles. The number of aromatic nitrogens is 3. The minimum atomic E-state index is -0.125. The summed E-state index contributed by atoms with van der Waals surface area (Å²) in [7, 11) is 0. The lowest BCUT2D eigenvalue weighted by atomic mass is 10.0. The van der Waals surface area contributed by atoms with Gasteiger partial charge < -0.3 is 5.32 Å². The largest absolute Gasteiger partial charge is 0.312 e. The molecule has 1 N–H and O–H groups in total. The molecule has 0 unspecified atom stereocenters. The van der Waals surface area contributed by atoms with Crippen molar-refractivity contribution in [1.29, 1.82) is 0 Å². The number of para-hydroxylation sites is 1.